The van der Waals surface area contributed by atoms with E-state index in [4.69, 9.17) is 21.1 Å². The van der Waals surface area contributed by atoms with Gasteiger partial charge in [0.05, 0.1) is 5.75 Å². The highest BCUT2D eigenvalue weighted by atomic mass is 35.5. The number of anilines is 1. The molecule has 5 rings (SSSR count). The van der Waals surface area contributed by atoms with Gasteiger partial charge in [-0.05, 0) is 17.7 Å². The van der Waals surface area contributed by atoms with Gasteiger partial charge >= 0.3 is 0 Å². The summed E-state index contributed by atoms with van der Waals surface area (Å²) in [7, 11) is 0. The Balaban J connectivity index is 1.09. The number of thioether (sulfide) groups is 1. The van der Waals surface area contributed by atoms with Crippen LogP contribution in [0.1, 0.15) is 18.9 Å². The van der Waals surface area contributed by atoms with E-state index in [9.17, 15) is 9.59 Å². The summed E-state index contributed by atoms with van der Waals surface area (Å²) in [5.41, 5.74) is 1.17. The molecule has 1 aromatic heterocycles. The van der Waals surface area contributed by atoms with Gasteiger partial charge in [-0.2, -0.15) is 0 Å². The fraction of sp³-hybridized carbons (Fsp3) is 0.520. The molecule has 2 fully saturated rings. The maximum Gasteiger partial charge on any atom is 0.233 e. The minimum absolute atomic E-state index is 0.0737. The van der Waals surface area contributed by atoms with E-state index < -0.39 is 0 Å². The van der Waals surface area contributed by atoms with Crippen molar-refractivity contribution in [1.82, 2.24) is 24.7 Å². The van der Waals surface area contributed by atoms with Crippen LogP contribution in [0, 0.1) is 0 Å². The molecule has 0 N–H and O–H groups in total. The normalized spacial score (nSPS) is 17.8. The number of carbonyl (C=O) groups is 2. The lowest BCUT2D eigenvalue weighted by Crippen LogP contribution is -2.49. The monoisotopic (exact) mass is 546 g/mol. The molecule has 3 aliphatic rings. The van der Waals surface area contributed by atoms with E-state index in [1.54, 1.807) is 6.07 Å². The highest BCUT2D eigenvalue weighted by molar-refractivity contribution is 7.99. The topological polar surface area (TPSA) is 91.3 Å². The molecular formula is C25H31ClN6O4S. The van der Waals surface area contributed by atoms with Gasteiger partial charge in [-0.15, -0.1) is 0 Å². The van der Waals surface area contributed by atoms with Crippen molar-refractivity contribution in [3.63, 3.8) is 0 Å². The highest BCUT2D eigenvalue weighted by Crippen LogP contribution is 2.33. The molecule has 37 heavy (non-hydrogen) atoms. The molecular weight excluding hydrogens is 516 g/mol. The van der Waals surface area contributed by atoms with Gasteiger partial charge < -0.3 is 24.2 Å². The number of rotatable bonds is 7. The Morgan fingerprint density at radius 2 is 1.62 bits per heavy atom. The van der Waals surface area contributed by atoms with Crippen molar-refractivity contribution in [1.29, 1.82) is 0 Å². The van der Waals surface area contributed by atoms with Crippen LogP contribution >= 0.6 is 23.4 Å². The number of benzene rings is 1. The fourth-order valence-corrected chi connectivity index (χ4v) is 5.67. The van der Waals surface area contributed by atoms with Gasteiger partial charge in [0.25, 0.3) is 0 Å². The summed E-state index contributed by atoms with van der Waals surface area (Å²) >= 11 is 7.59. The van der Waals surface area contributed by atoms with Gasteiger partial charge in [0, 0.05) is 71.4 Å². The minimum atomic E-state index is 0.0737. The predicted molar refractivity (Wildman–Crippen MR) is 141 cm³/mol. The Morgan fingerprint density at radius 1 is 0.919 bits per heavy atom. The number of halogens is 1. The third-order valence-electron chi connectivity index (χ3n) is 6.81. The average Bonchev–Trinajstić information content (AvgIpc) is 3.39. The van der Waals surface area contributed by atoms with Gasteiger partial charge in [0.1, 0.15) is 11.0 Å². The van der Waals surface area contributed by atoms with Crippen molar-refractivity contribution in [2.45, 2.75) is 25.0 Å². The van der Waals surface area contributed by atoms with E-state index in [0.29, 0.717) is 56.0 Å². The quantitative estimate of drug-likeness (QED) is 0.295. The van der Waals surface area contributed by atoms with Crippen LogP contribution in [-0.4, -0.2) is 101 Å². The molecule has 2 amide bonds. The third kappa shape index (κ3) is 6.39. The number of ether oxygens (including phenoxy) is 2. The Kier molecular flexibility index (Phi) is 8.21. The number of aromatic nitrogens is 2. The molecule has 2 aromatic rings. The molecule has 10 nitrogen and oxygen atoms in total. The third-order valence-corrected chi connectivity index (χ3v) is 7.84. The molecule has 0 spiro atoms. The first kappa shape index (κ1) is 25.9. The van der Waals surface area contributed by atoms with Gasteiger partial charge in [0.2, 0.25) is 18.6 Å². The van der Waals surface area contributed by atoms with Crippen LogP contribution < -0.4 is 14.4 Å². The number of piperazine rings is 2. The van der Waals surface area contributed by atoms with Crippen LogP contribution in [0.3, 0.4) is 0 Å². The summed E-state index contributed by atoms with van der Waals surface area (Å²) in [5, 5.41) is 0.841. The molecule has 3 aliphatic heterocycles. The van der Waals surface area contributed by atoms with Crippen molar-refractivity contribution >= 4 is 41.0 Å². The Hall–Kier alpha value is -2.76. The summed E-state index contributed by atoms with van der Waals surface area (Å²) in [4.78, 5) is 42.0. The lowest BCUT2D eigenvalue weighted by Gasteiger charge is -2.35. The Morgan fingerprint density at radius 3 is 2.38 bits per heavy atom. The zero-order valence-electron chi connectivity index (χ0n) is 20.9. The van der Waals surface area contributed by atoms with E-state index in [0.717, 1.165) is 37.0 Å². The smallest absolute Gasteiger partial charge is 0.233 e. The van der Waals surface area contributed by atoms with Crippen LogP contribution in [0.5, 0.6) is 11.5 Å². The number of carbonyl (C=O) groups excluding carboxylic acids is 2. The summed E-state index contributed by atoms with van der Waals surface area (Å²) in [6, 6.07) is 7.78. The van der Waals surface area contributed by atoms with Gasteiger partial charge in [-0.3, -0.25) is 14.5 Å². The largest absolute Gasteiger partial charge is 0.454 e. The van der Waals surface area contributed by atoms with Crippen molar-refractivity contribution in [3.8, 4) is 11.5 Å². The summed E-state index contributed by atoms with van der Waals surface area (Å²) in [6.07, 6.45) is 0.517. The first-order valence-corrected chi connectivity index (χ1v) is 13.9. The molecule has 0 unspecified atom stereocenters. The molecule has 198 valence electrons. The molecule has 0 saturated carbocycles. The van der Waals surface area contributed by atoms with Crippen molar-refractivity contribution in [2.24, 2.45) is 0 Å². The van der Waals surface area contributed by atoms with E-state index >= 15 is 0 Å². The zero-order valence-corrected chi connectivity index (χ0v) is 22.5. The van der Waals surface area contributed by atoms with Crippen molar-refractivity contribution in [3.05, 3.63) is 35.0 Å². The van der Waals surface area contributed by atoms with Crippen LogP contribution in [0.4, 0.5) is 5.82 Å². The van der Waals surface area contributed by atoms with E-state index in [1.807, 2.05) is 28.9 Å². The molecule has 0 bridgehead atoms. The Bertz CT molecular complexity index is 1140. The highest BCUT2D eigenvalue weighted by Gasteiger charge is 2.24. The summed E-state index contributed by atoms with van der Waals surface area (Å²) in [5.74, 6) is 2.83. The number of hydrogen-bond donors (Lipinski definition) is 0. The second-order valence-corrected chi connectivity index (χ2v) is 10.5. The molecule has 0 radical (unpaired) electrons. The van der Waals surface area contributed by atoms with Crippen LogP contribution in [-0.2, 0) is 16.1 Å². The first-order valence-electron chi connectivity index (χ1n) is 12.6. The van der Waals surface area contributed by atoms with Gasteiger partial charge in [-0.1, -0.05) is 36.4 Å². The SMILES string of the molecule is CCC(=O)N1CCN(c2cc(Cl)nc(SCC(=O)N3CCN(Cc4ccc5c(c4)OCO5)CC3)n2)CC1. The predicted octanol–water partition coefficient (Wildman–Crippen LogP) is 2.35. The summed E-state index contributed by atoms with van der Waals surface area (Å²) < 4.78 is 10.9. The lowest BCUT2D eigenvalue weighted by molar-refractivity contribution is -0.131. The van der Waals surface area contributed by atoms with Crippen molar-refractivity contribution in [2.75, 3.05) is 69.8 Å². The van der Waals surface area contributed by atoms with E-state index in [-0.39, 0.29) is 24.4 Å². The lowest BCUT2D eigenvalue weighted by atomic mass is 10.1. The Labute approximate surface area is 225 Å². The molecule has 4 heterocycles. The number of hydrogen-bond acceptors (Lipinski definition) is 9. The summed E-state index contributed by atoms with van der Waals surface area (Å²) in [6.45, 7) is 8.68. The fourth-order valence-electron chi connectivity index (χ4n) is 4.69. The van der Waals surface area contributed by atoms with Crippen LogP contribution in [0.2, 0.25) is 5.15 Å². The molecule has 0 aliphatic carbocycles. The van der Waals surface area contributed by atoms with Crippen molar-refractivity contribution < 1.29 is 19.1 Å². The standard InChI is InChI=1S/C25H31ClN6O4S/c1-2-23(33)31-11-9-30(10-12-31)22-14-21(26)27-25(28-22)37-16-24(34)32-7-5-29(6-8-32)15-18-3-4-19-20(13-18)36-17-35-19/h3-4,13-14H,2,5-12,15-17H2,1H3. The first-order chi connectivity index (χ1) is 18.0. The number of fused-ring (bicyclic) bond motifs is 1. The van der Waals surface area contributed by atoms with Crippen LogP contribution in [0.15, 0.2) is 29.4 Å². The molecule has 1 aromatic carbocycles. The van der Waals surface area contributed by atoms with Crippen LogP contribution in [0.25, 0.3) is 0 Å². The maximum atomic E-state index is 12.9. The number of amides is 2. The zero-order chi connectivity index (χ0) is 25.8. The van der Waals surface area contributed by atoms with Gasteiger partial charge in [-0.25, -0.2) is 9.97 Å². The second-order valence-electron chi connectivity index (χ2n) is 9.19. The minimum Gasteiger partial charge on any atom is -0.454 e. The maximum absolute atomic E-state index is 12.9. The average molecular weight is 547 g/mol. The molecule has 0 atom stereocenters. The van der Waals surface area contributed by atoms with E-state index in [1.165, 1.54) is 17.3 Å². The van der Waals surface area contributed by atoms with E-state index in [2.05, 4.69) is 25.8 Å². The van der Waals surface area contributed by atoms with Gasteiger partial charge in [0.15, 0.2) is 16.7 Å². The molecule has 12 heteroatoms. The second kappa shape index (κ2) is 11.7. The number of nitrogens with zero attached hydrogens (tertiary/aromatic N) is 6. The molecule has 2 saturated heterocycles.